The fraction of sp³-hybridized carbons (Fsp3) is 0.308. The monoisotopic (exact) mass is 339 g/mol. The van der Waals surface area contributed by atoms with Crippen LogP contribution in [0.4, 0.5) is 0 Å². The van der Waals surface area contributed by atoms with Gasteiger partial charge in [-0.15, -0.1) is 11.8 Å². The number of β-lactam (4-membered cyclic amide) rings is 1. The highest BCUT2D eigenvalue weighted by atomic mass is 32.2. The number of carboxylic acids is 1. The number of rotatable bonds is 4. The first-order valence-electron chi connectivity index (χ1n) is 6.40. The van der Waals surface area contributed by atoms with E-state index in [1.807, 2.05) is 5.38 Å². The van der Waals surface area contributed by atoms with E-state index < -0.39 is 41.3 Å². The summed E-state index contributed by atoms with van der Waals surface area (Å²) in [6.07, 6.45) is 0. The van der Waals surface area contributed by atoms with E-state index in [9.17, 15) is 14.4 Å². The smallest absolute Gasteiger partial charge is 0.331 e. The molecule has 1 aromatic rings. The second-order valence-electron chi connectivity index (χ2n) is 4.98. The van der Waals surface area contributed by atoms with Gasteiger partial charge in [0.05, 0.1) is 0 Å². The molecule has 0 bridgehead atoms. The summed E-state index contributed by atoms with van der Waals surface area (Å²) in [5.74, 6) is -2.00. The number of aliphatic carboxylic acids is 1. The van der Waals surface area contributed by atoms with Crippen LogP contribution in [0.1, 0.15) is 11.6 Å². The molecule has 3 rings (SSSR count). The van der Waals surface area contributed by atoms with E-state index in [0.29, 0.717) is 10.5 Å². The van der Waals surface area contributed by atoms with Crippen LogP contribution in [0.25, 0.3) is 0 Å². The lowest BCUT2D eigenvalue weighted by molar-refractivity contribution is -0.158. The van der Waals surface area contributed by atoms with Gasteiger partial charge in [-0.1, -0.05) is 6.58 Å². The maximum Gasteiger partial charge on any atom is 0.331 e. The van der Waals surface area contributed by atoms with Crippen LogP contribution in [-0.2, 0) is 14.4 Å². The zero-order valence-corrected chi connectivity index (χ0v) is 12.9. The molecular weight excluding hydrogens is 326 g/mol. The van der Waals surface area contributed by atoms with Crippen LogP contribution < -0.4 is 11.1 Å². The average molecular weight is 339 g/mol. The summed E-state index contributed by atoms with van der Waals surface area (Å²) < 4.78 is 0. The Morgan fingerprint density at radius 2 is 2.23 bits per heavy atom. The van der Waals surface area contributed by atoms with Gasteiger partial charge in [0.2, 0.25) is 11.8 Å². The van der Waals surface area contributed by atoms with Gasteiger partial charge in [0, 0.05) is 4.91 Å². The van der Waals surface area contributed by atoms with Gasteiger partial charge in [-0.25, -0.2) is 4.79 Å². The van der Waals surface area contributed by atoms with Gasteiger partial charge in [-0.05, 0) is 22.4 Å². The number of carbonyl (C=O) groups is 3. The van der Waals surface area contributed by atoms with Gasteiger partial charge < -0.3 is 21.1 Å². The fourth-order valence-electron chi connectivity index (χ4n) is 2.50. The largest absolute Gasteiger partial charge is 0.479 e. The van der Waals surface area contributed by atoms with E-state index in [1.54, 1.807) is 11.4 Å². The Morgan fingerprint density at radius 1 is 1.50 bits per heavy atom. The summed E-state index contributed by atoms with van der Waals surface area (Å²) in [5.41, 5.74) is 6.53. The summed E-state index contributed by atoms with van der Waals surface area (Å²) in [6, 6.07) is -0.890. The van der Waals surface area contributed by atoms with E-state index in [4.69, 9.17) is 10.8 Å². The van der Waals surface area contributed by atoms with Crippen molar-refractivity contribution in [2.24, 2.45) is 5.73 Å². The highest BCUT2D eigenvalue weighted by Crippen LogP contribution is 2.46. The molecule has 7 nitrogen and oxygen atoms in total. The Morgan fingerprint density at radius 3 is 2.82 bits per heavy atom. The summed E-state index contributed by atoms with van der Waals surface area (Å²) >= 11 is 2.62. The highest BCUT2D eigenvalue weighted by Gasteiger charge is 2.59. The maximum atomic E-state index is 12.1. The first-order valence-corrected chi connectivity index (χ1v) is 8.22. The minimum Gasteiger partial charge on any atom is -0.479 e. The third kappa shape index (κ3) is 2.21. The molecule has 0 aliphatic carbocycles. The lowest BCUT2D eigenvalue weighted by atomic mass is 10.0. The van der Waals surface area contributed by atoms with Crippen LogP contribution in [0.3, 0.4) is 0 Å². The summed E-state index contributed by atoms with van der Waals surface area (Å²) in [7, 11) is 0. The van der Waals surface area contributed by atoms with Gasteiger partial charge >= 0.3 is 5.97 Å². The van der Waals surface area contributed by atoms with Gasteiger partial charge in [-0.2, -0.15) is 11.3 Å². The van der Waals surface area contributed by atoms with Crippen molar-refractivity contribution >= 4 is 40.9 Å². The number of carbonyl (C=O) groups excluding carboxylic acids is 2. The van der Waals surface area contributed by atoms with Crippen molar-refractivity contribution < 1.29 is 19.5 Å². The zero-order valence-electron chi connectivity index (χ0n) is 11.3. The molecule has 1 unspecified atom stereocenters. The molecule has 4 N–H and O–H groups in total. The average Bonchev–Trinajstić information content (AvgIpc) is 3.09. The normalized spacial score (nSPS) is 28.0. The van der Waals surface area contributed by atoms with Gasteiger partial charge in [-0.3, -0.25) is 9.59 Å². The quantitative estimate of drug-likeness (QED) is 0.672. The second kappa shape index (κ2) is 5.41. The molecule has 2 saturated heterocycles. The molecule has 0 radical (unpaired) electrons. The maximum absolute atomic E-state index is 12.1. The minimum atomic E-state index is -1.12. The number of hydrogen-bond donors (Lipinski definition) is 3. The SMILES string of the molecule is C=C1S[C@@H]2[C@H](NC(=O)C(N)c3ccsc3)C(=O)N2[C@@H]1C(=O)O. The topological polar surface area (TPSA) is 113 Å². The highest BCUT2D eigenvalue weighted by molar-refractivity contribution is 8.04. The molecule has 2 aliphatic heterocycles. The number of hydrogen-bond acceptors (Lipinski definition) is 6. The molecule has 4 atom stereocenters. The third-order valence-corrected chi connectivity index (χ3v) is 5.62. The van der Waals surface area contributed by atoms with E-state index in [1.165, 1.54) is 28.0 Å². The van der Waals surface area contributed by atoms with Crippen LogP contribution in [0.15, 0.2) is 28.3 Å². The van der Waals surface area contributed by atoms with Crippen molar-refractivity contribution in [1.29, 1.82) is 0 Å². The minimum absolute atomic E-state index is 0.393. The van der Waals surface area contributed by atoms with Gasteiger partial charge in [0.25, 0.3) is 0 Å². The van der Waals surface area contributed by atoms with E-state index in [-0.39, 0.29) is 0 Å². The van der Waals surface area contributed by atoms with Crippen LogP contribution in [0.5, 0.6) is 0 Å². The number of nitrogens with zero attached hydrogens (tertiary/aromatic N) is 1. The van der Waals surface area contributed by atoms with Gasteiger partial charge in [0.1, 0.15) is 17.5 Å². The van der Waals surface area contributed by atoms with Crippen molar-refractivity contribution in [1.82, 2.24) is 10.2 Å². The van der Waals surface area contributed by atoms with Crippen molar-refractivity contribution in [3.05, 3.63) is 33.9 Å². The third-order valence-electron chi connectivity index (χ3n) is 3.65. The number of carboxylic acid groups (broad SMARTS) is 1. The Labute approximate surface area is 134 Å². The zero-order chi connectivity index (χ0) is 16.0. The summed E-state index contributed by atoms with van der Waals surface area (Å²) in [4.78, 5) is 37.0. The molecule has 9 heteroatoms. The van der Waals surface area contributed by atoms with E-state index in [2.05, 4.69) is 11.9 Å². The predicted molar refractivity (Wildman–Crippen MR) is 82.0 cm³/mol. The summed E-state index contributed by atoms with van der Waals surface area (Å²) in [6.45, 7) is 3.67. The van der Waals surface area contributed by atoms with Gasteiger partial charge in [0.15, 0.2) is 6.04 Å². The Bertz CT molecular complexity index is 660. The van der Waals surface area contributed by atoms with Crippen molar-refractivity contribution in [2.75, 3.05) is 0 Å². The second-order valence-corrected chi connectivity index (χ2v) is 7.00. The number of thiophene rings is 1. The first-order chi connectivity index (χ1) is 10.4. The van der Waals surface area contributed by atoms with Crippen LogP contribution in [-0.4, -0.2) is 45.2 Å². The van der Waals surface area contributed by atoms with Crippen molar-refractivity contribution in [3.63, 3.8) is 0 Å². The Hall–Kier alpha value is -1.84. The molecule has 0 saturated carbocycles. The molecule has 116 valence electrons. The predicted octanol–water partition coefficient (Wildman–Crippen LogP) is 0.115. The number of thioether (sulfide) groups is 1. The van der Waals surface area contributed by atoms with Crippen LogP contribution in [0, 0.1) is 0 Å². The summed E-state index contributed by atoms with van der Waals surface area (Å²) in [5, 5.41) is 14.9. The molecule has 1 aromatic heterocycles. The molecule has 0 aromatic carbocycles. The number of nitrogens with one attached hydrogen (secondary N) is 1. The molecule has 3 heterocycles. The first kappa shape index (κ1) is 15.1. The van der Waals surface area contributed by atoms with Crippen molar-refractivity contribution in [2.45, 2.75) is 23.5 Å². The van der Waals surface area contributed by atoms with Crippen molar-refractivity contribution in [3.8, 4) is 0 Å². The Balaban J connectivity index is 1.68. The lowest BCUT2D eigenvalue weighted by Gasteiger charge is -2.43. The molecule has 22 heavy (non-hydrogen) atoms. The molecule has 2 amide bonds. The molecule has 0 spiro atoms. The number of nitrogens with two attached hydrogens (primary N) is 1. The van der Waals surface area contributed by atoms with Crippen LogP contribution in [0.2, 0.25) is 0 Å². The standard InChI is InChI=1S/C13H13N3O4S2/c1-5-9(13(19)20)16-11(18)8(12(16)22-5)15-10(17)7(14)6-2-3-21-4-6/h2-4,7-9,12H,1,14H2,(H,15,17)(H,19,20)/t7?,8-,9+,12-/m1/s1. The Kier molecular flexibility index (Phi) is 3.71. The number of fused-ring (bicyclic) bond motifs is 1. The number of amides is 2. The van der Waals surface area contributed by atoms with Crippen LogP contribution >= 0.6 is 23.1 Å². The fourth-order valence-corrected chi connectivity index (χ4v) is 4.51. The van der Waals surface area contributed by atoms with E-state index in [0.717, 1.165) is 0 Å². The molecular formula is C13H13N3O4S2. The molecule has 2 aliphatic rings. The molecule has 2 fully saturated rings. The lowest BCUT2D eigenvalue weighted by Crippen LogP contribution is -2.70. The van der Waals surface area contributed by atoms with E-state index >= 15 is 0 Å².